The van der Waals surface area contributed by atoms with Crippen LogP contribution in [0.2, 0.25) is 0 Å². The average Bonchev–Trinajstić information content (AvgIpc) is 2.94. The van der Waals surface area contributed by atoms with Gasteiger partial charge in [0.1, 0.15) is 30.0 Å². The van der Waals surface area contributed by atoms with E-state index in [-0.39, 0.29) is 11.2 Å². The SMILES string of the molecule is O[C@H]([C@H](O)[C@H](O)COC(c1ccccc1)(c1ccccc1)c1ccccc1)[C@H](O)C1SCCCS1. The first-order valence-corrected chi connectivity index (χ1v) is 13.9. The Morgan fingerprint density at radius 1 is 0.686 bits per heavy atom. The van der Waals surface area contributed by atoms with Crippen molar-refractivity contribution in [3.63, 3.8) is 0 Å². The molecule has 4 atom stereocenters. The molecule has 0 radical (unpaired) electrons. The first-order valence-electron chi connectivity index (χ1n) is 11.8. The molecule has 0 amide bonds. The molecule has 0 bridgehead atoms. The lowest BCUT2D eigenvalue weighted by molar-refractivity contribution is -0.131. The van der Waals surface area contributed by atoms with Crippen LogP contribution >= 0.6 is 23.5 Å². The summed E-state index contributed by atoms with van der Waals surface area (Å²) < 4.78 is 6.30. The molecule has 7 heteroatoms. The Morgan fingerprint density at radius 3 is 1.54 bits per heavy atom. The van der Waals surface area contributed by atoms with Gasteiger partial charge in [0.2, 0.25) is 0 Å². The van der Waals surface area contributed by atoms with Crippen LogP contribution in [0.5, 0.6) is 0 Å². The van der Waals surface area contributed by atoms with Crippen LogP contribution in [0.25, 0.3) is 0 Å². The van der Waals surface area contributed by atoms with Gasteiger partial charge >= 0.3 is 0 Å². The van der Waals surface area contributed by atoms with Crippen molar-refractivity contribution in [1.82, 2.24) is 0 Å². The van der Waals surface area contributed by atoms with E-state index in [4.69, 9.17) is 4.74 Å². The number of rotatable bonds is 10. The maximum Gasteiger partial charge on any atom is 0.143 e. The second-order valence-electron chi connectivity index (χ2n) is 8.59. The molecule has 3 aromatic carbocycles. The lowest BCUT2D eigenvalue weighted by Gasteiger charge is -2.38. The molecule has 0 aliphatic carbocycles. The van der Waals surface area contributed by atoms with E-state index in [1.54, 1.807) is 23.5 Å². The Labute approximate surface area is 215 Å². The van der Waals surface area contributed by atoms with E-state index in [0.29, 0.717) is 0 Å². The van der Waals surface area contributed by atoms with Crippen LogP contribution in [0.1, 0.15) is 23.1 Å². The molecule has 0 unspecified atom stereocenters. The van der Waals surface area contributed by atoms with E-state index >= 15 is 0 Å². The number of ether oxygens (including phenoxy) is 1. The monoisotopic (exact) mass is 512 g/mol. The number of benzene rings is 3. The third-order valence-electron chi connectivity index (χ3n) is 6.24. The summed E-state index contributed by atoms with van der Waals surface area (Å²) in [6.45, 7) is -0.255. The van der Waals surface area contributed by atoms with Gasteiger partial charge in [0.25, 0.3) is 0 Å². The van der Waals surface area contributed by atoms with Gasteiger partial charge in [-0.3, -0.25) is 0 Å². The number of aliphatic hydroxyl groups excluding tert-OH is 4. The summed E-state index contributed by atoms with van der Waals surface area (Å²) >= 11 is 3.13. The summed E-state index contributed by atoms with van der Waals surface area (Å²) in [5.74, 6) is 1.80. The first-order chi connectivity index (χ1) is 17.0. The maximum absolute atomic E-state index is 10.9. The quantitative estimate of drug-likeness (QED) is 0.309. The fourth-order valence-corrected chi connectivity index (χ4v) is 7.32. The molecule has 1 saturated heterocycles. The minimum absolute atomic E-state index is 0.237. The Kier molecular flexibility index (Phi) is 9.30. The zero-order chi connectivity index (χ0) is 24.7. The molecule has 4 N–H and O–H groups in total. The Bertz CT molecular complexity index is 919. The molecule has 5 nitrogen and oxygen atoms in total. The van der Waals surface area contributed by atoms with Gasteiger partial charge in [0.05, 0.1) is 11.2 Å². The summed E-state index contributed by atoms with van der Waals surface area (Å²) in [5, 5.41) is 42.9. The summed E-state index contributed by atoms with van der Waals surface area (Å²) in [6.07, 6.45) is -4.57. The van der Waals surface area contributed by atoms with Crippen molar-refractivity contribution in [2.24, 2.45) is 0 Å². The number of thioether (sulfide) groups is 2. The Hall–Kier alpha value is -1.84. The van der Waals surface area contributed by atoms with Crippen molar-refractivity contribution >= 4 is 23.5 Å². The minimum atomic E-state index is -1.56. The minimum Gasteiger partial charge on any atom is -0.388 e. The fourth-order valence-electron chi connectivity index (χ4n) is 4.37. The van der Waals surface area contributed by atoms with Gasteiger partial charge in [-0.2, -0.15) is 0 Å². The van der Waals surface area contributed by atoms with Crippen LogP contribution in [-0.4, -0.2) is 67.5 Å². The van der Waals surface area contributed by atoms with Crippen molar-refractivity contribution in [3.05, 3.63) is 108 Å². The lowest BCUT2D eigenvalue weighted by atomic mass is 9.80. The molecule has 4 rings (SSSR count). The summed E-state index contributed by atoms with van der Waals surface area (Å²) in [4.78, 5) is 0. The molecule has 0 saturated carbocycles. The van der Waals surface area contributed by atoms with E-state index in [9.17, 15) is 20.4 Å². The van der Waals surface area contributed by atoms with Crippen LogP contribution in [-0.2, 0) is 10.3 Å². The predicted octanol–water partition coefficient (Wildman–Crippen LogP) is 3.63. The zero-order valence-electron chi connectivity index (χ0n) is 19.4. The Morgan fingerprint density at radius 2 is 1.11 bits per heavy atom. The molecule has 0 spiro atoms. The maximum atomic E-state index is 10.9. The molecule has 35 heavy (non-hydrogen) atoms. The molecule has 3 aromatic rings. The van der Waals surface area contributed by atoms with Gasteiger partial charge in [0, 0.05) is 0 Å². The van der Waals surface area contributed by atoms with Crippen molar-refractivity contribution < 1.29 is 25.2 Å². The van der Waals surface area contributed by atoms with Gasteiger partial charge in [-0.05, 0) is 34.6 Å². The largest absolute Gasteiger partial charge is 0.388 e. The number of hydrogen-bond acceptors (Lipinski definition) is 7. The normalized spacial score (nSPS) is 18.5. The highest BCUT2D eigenvalue weighted by molar-refractivity contribution is 8.17. The molecule has 186 valence electrons. The van der Waals surface area contributed by atoms with Crippen LogP contribution in [0.3, 0.4) is 0 Å². The van der Waals surface area contributed by atoms with Gasteiger partial charge in [-0.25, -0.2) is 0 Å². The van der Waals surface area contributed by atoms with Crippen molar-refractivity contribution in [2.75, 3.05) is 18.1 Å². The third kappa shape index (κ3) is 5.94. The predicted molar refractivity (Wildman–Crippen MR) is 143 cm³/mol. The van der Waals surface area contributed by atoms with E-state index in [0.717, 1.165) is 34.6 Å². The second kappa shape index (κ2) is 12.4. The third-order valence-corrected chi connectivity index (χ3v) is 9.32. The van der Waals surface area contributed by atoms with Gasteiger partial charge in [-0.1, -0.05) is 91.0 Å². The topological polar surface area (TPSA) is 90.2 Å². The zero-order valence-corrected chi connectivity index (χ0v) is 21.0. The van der Waals surface area contributed by atoms with E-state index in [2.05, 4.69) is 0 Å². The second-order valence-corrected chi connectivity index (χ2v) is 11.4. The molecular formula is C28H32O5S2. The highest BCUT2D eigenvalue weighted by Gasteiger charge is 2.41. The van der Waals surface area contributed by atoms with Crippen LogP contribution < -0.4 is 0 Å². The van der Waals surface area contributed by atoms with Crippen molar-refractivity contribution in [3.8, 4) is 0 Å². The van der Waals surface area contributed by atoms with Crippen LogP contribution in [0.4, 0.5) is 0 Å². The van der Waals surface area contributed by atoms with E-state index in [1.165, 1.54) is 0 Å². The molecular weight excluding hydrogens is 480 g/mol. The van der Waals surface area contributed by atoms with Crippen LogP contribution in [0.15, 0.2) is 91.0 Å². The molecule has 1 aliphatic heterocycles. The molecule has 0 aromatic heterocycles. The number of aliphatic hydroxyl groups is 4. The first kappa shape index (κ1) is 26.2. The summed E-state index contributed by atoms with van der Waals surface area (Å²) in [6, 6.07) is 29.2. The summed E-state index contributed by atoms with van der Waals surface area (Å²) in [7, 11) is 0. The Balaban J connectivity index is 1.61. The number of hydrogen-bond donors (Lipinski definition) is 4. The van der Waals surface area contributed by atoms with Crippen LogP contribution in [0, 0.1) is 0 Å². The smallest absolute Gasteiger partial charge is 0.143 e. The molecule has 1 aliphatic rings. The average molecular weight is 513 g/mol. The molecule has 1 heterocycles. The summed E-state index contributed by atoms with van der Waals surface area (Å²) in [5.41, 5.74) is 1.56. The van der Waals surface area contributed by atoms with Crippen molar-refractivity contribution in [2.45, 2.75) is 41.0 Å². The van der Waals surface area contributed by atoms with E-state index in [1.807, 2.05) is 91.0 Å². The van der Waals surface area contributed by atoms with Gasteiger partial charge < -0.3 is 25.2 Å². The van der Waals surface area contributed by atoms with Gasteiger partial charge in [-0.15, -0.1) is 23.5 Å². The van der Waals surface area contributed by atoms with Gasteiger partial charge in [0.15, 0.2) is 0 Å². The lowest BCUT2D eigenvalue weighted by Crippen LogP contribution is -2.50. The highest BCUT2D eigenvalue weighted by atomic mass is 32.2. The highest BCUT2D eigenvalue weighted by Crippen LogP contribution is 2.41. The fraction of sp³-hybridized carbons (Fsp3) is 0.357. The molecule has 1 fully saturated rings. The van der Waals surface area contributed by atoms with Crippen molar-refractivity contribution in [1.29, 1.82) is 0 Å². The van der Waals surface area contributed by atoms with E-state index < -0.39 is 30.0 Å². The standard InChI is InChI=1S/C28H32O5S2/c29-23(24(30)25(31)26(32)27-34-17-10-18-35-27)19-33-28(20-11-4-1-5-12-20,21-13-6-2-7-14-21)22-15-8-3-9-16-22/h1-9,11-16,23-27,29-32H,10,17-19H2/t23-,24-,25-,26+/m1/s1.